The number of nitrogens with two attached hydrogens (primary N) is 2. The normalized spacial score (nSPS) is 8.87. The van der Waals surface area contributed by atoms with Gasteiger partial charge < -0.3 is 11.5 Å². The van der Waals surface area contributed by atoms with E-state index in [-0.39, 0.29) is 0 Å². The molecule has 0 unspecified atom stereocenters. The van der Waals surface area contributed by atoms with E-state index in [4.69, 9.17) is 11.5 Å². The van der Waals surface area contributed by atoms with Crippen LogP contribution >= 0.6 is 0 Å². The fraction of sp³-hybridized carbons (Fsp3) is 0.100. The number of nitrogens with zero attached hydrogens (tertiary/aromatic N) is 3. The van der Waals surface area contributed by atoms with Crippen LogP contribution in [0, 0.1) is 6.92 Å². The van der Waals surface area contributed by atoms with Gasteiger partial charge in [0.2, 0.25) is 0 Å². The molecule has 0 amide bonds. The molecule has 0 radical (unpaired) electrons. The maximum Gasteiger partial charge on any atom is 0.119 e. The molecule has 0 atom stereocenters. The Morgan fingerprint density at radius 1 is 0.800 bits per heavy atom. The van der Waals surface area contributed by atoms with E-state index >= 15 is 0 Å². The summed E-state index contributed by atoms with van der Waals surface area (Å²) in [7, 11) is 0. The van der Waals surface area contributed by atoms with Gasteiger partial charge in [0, 0.05) is 11.4 Å². The number of hydrogen-bond donors (Lipinski definition) is 2. The summed E-state index contributed by atoms with van der Waals surface area (Å²) >= 11 is 0. The average Bonchev–Trinajstić information content (AvgIpc) is 2.19. The Kier molecular flexibility index (Phi) is 4.03. The van der Waals surface area contributed by atoms with Gasteiger partial charge in [-0.05, 0) is 30.7 Å². The molecule has 0 aliphatic rings. The van der Waals surface area contributed by atoms with Crippen LogP contribution in [0.3, 0.4) is 0 Å². The van der Waals surface area contributed by atoms with Crippen LogP contribution in [0.2, 0.25) is 0 Å². The molecule has 0 saturated carbocycles. The van der Waals surface area contributed by atoms with Gasteiger partial charge in [0.25, 0.3) is 0 Å². The number of nitrogen functional groups attached to an aromatic ring is 2. The standard InChI is InChI=1S/C7H10N2.C3H3N3/c1-5-2-6(8)4-7(9)3-5;1-4-2-6-3-5-1/h2-4H,8-9H2,1H3;1-3H. The molecular formula is C10H13N5. The van der Waals surface area contributed by atoms with E-state index in [1.54, 1.807) is 6.07 Å². The van der Waals surface area contributed by atoms with Gasteiger partial charge in [0.15, 0.2) is 0 Å². The molecule has 2 aromatic rings. The summed E-state index contributed by atoms with van der Waals surface area (Å²) in [6.45, 7) is 1.96. The Morgan fingerprint density at radius 2 is 1.20 bits per heavy atom. The van der Waals surface area contributed by atoms with E-state index in [0.29, 0.717) is 0 Å². The maximum absolute atomic E-state index is 5.48. The maximum atomic E-state index is 5.48. The van der Waals surface area contributed by atoms with Crippen molar-refractivity contribution in [3.05, 3.63) is 42.7 Å². The van der Waals surface area contributed by atoms with Crippen LogP contribution in [0.5, 0.6) is 0 Å². The van der Waals surface area contributed by atoms with Gasteiger partial charge >= 0.3 is 0 Å². The zero-order valence-electron chi connectivity index (χ0n) is 8.46. The van der Waals surface area contributed by atoms with Crippen LogP contribution in [0.1, 0.15) is 5.56 Å². The highest BCUT2D eigenvalue weighted by Crippen LogP contribution is 2.11. The van der Waals surface area contributed by atoms with Crippen molar-refractivity contribution in [1.29, 1.82) is 0 Å². The molecule has 2 rings (SSSR count). The van der Waals surface area contributed by atoms with Crippen molar-refractivity contribution in [3.63, 3.8) is 0 Å². The SMILES string of the molecule is Cc1cc(N)cc(N)c1.c1ncncn1. The van der Waals surface area contributed by atoms with Gasteiger partial charge in [-0.15, -0.1) is 0 Å². The second-order valence-corrected chi connectivity index (χ2v) is 2.97. The van der Waals surface area contributed by atoms with Crippen molar-refractivity contribution < 1.29 is 0 Å². The number of benzene rings is 1. The van der Waals surface area contributed by atoms with Crippen LogP contribution < -0.4 is 11.5 Å². The van der Waals surface area contributed by atoms with Gasteiger partial charge in [-0.1, -0.05) is 0 Å². The van der Waals surface area contributed by atoms with E-state index in [1.165, 1.54) is 19.0 Å². The number of hydrogen-bond acceptors (Lipinski definition) is 5. The van der Waals surface area contributed by atoms with Crippen molar-refractivity contribution in [2.45, 2.75) is 6.92 Å². The molecule has 1 heterocycles. The van der Waals surface area contributed by atoms with Crippen molar-refractivity contribution in [2.75, 3.05) is 11.5 Å². The average molecular weight is 203 g/mol. The van der Waals surface area contributed by atoms with Crippen LogP contribution in [-0.4, -0.2) is 15.0 Å². The summed E-state index contributed by atoms with van der Waals surface area (Å²) < 4.78 is 0. The van der Waals surface area contributed by atoms with Gasteiger partial charge in [-0.25, -0.2) is 15.0 Å². The second kappa shape index (κ2) is 5.54. The summed E-state index contributed by atoms with van der Waals surface area (Å²) in [4.78, 5) is 10.7. The molecule has 5 heteroatoms. The van der Waals surface area contributed by atoms with Crippen LogP contribution in [0.4, 0.5) is 11.4 Å². The highest BCUT2D eigenvalue weighted by Gasteiger charge is 1.88. The van der Waals surface area contributed by atoms with Gasteiger partial charge in [-0.3, -0.25) is 0 Å². The summed E-state index contributed by atoms with van der Waals surface area (Å²) in [5.41, 5.74) is 13.5. The van der Waals surface area contributed by atoms with Crippen LogP contribution in [-0.2, 0) is 0 Å². The topological polar surface area (TPSA) is 90.7 Å². The van der Waals surface area contributed by atoms with Crippen molar-refractivity contribution >= 4 is 11.4 Å². The number of rotatable bonds is 0. The first-order valence-corrected chi connectivity index (χ1v) is 4.36. The largest absolute Gasteiger partial charge is 0.399 e. The Balaban J connectivity index is 0.000000162. The van der Waals surface area contributed by atoms with Gasteiger partial charge in [0.05, 0.1) is 0 Å². The van der Waals surface area contributed by atoms with E-state index in [9.17, 15) is 0 Å². The van der Waals surface area contributed by atoms with E-state index < -0.39 is 0 Å². The summed E-state index contributed by atoms with van der Waals surface area (Å²) in [6, 6.07) is 5.51. The zero-order chi connectivity index (χ0) is 11.1. The lowest BCUT2D eigenvalue weighted by molar-refractivity contribution is 1.05. The monoisotopic (exact) mass is 203 g/mol. The van der Waals surface area contributed by atoms with E-state index in [0.717, 1.165) is 16.9 Å². The minimum atomic E-state index is 0.729. The molecule has 5 nitrogen and oxygen atoms in total. The smallest absolute Gasteiger partial charge is 0.119 e. The first-order chi connectivity index (χ1) is 7.18. The highest BCUT2D eigenvalue weighted by atomic mass is 14.9. The molecule has 0 bridgehead atoms. The third-order valence-corrected chi connectivity index (χ3v) is 1.52. The zero-order valence-corrected chi connectivity index (χ0v) is 8.46. The molecule has 0 saturated heterocycles. The Hall–Kier alpha value is -2.17. The lowest BCUT2D eigenvalue weighted by atomic mass is 10.2. The summed E-state index contributed by atoms with van der Waals surface area (Å²) in [6.07, 6.45) is 4.31. The lowest BCUT2D eigenvalue weighted by Gasteiger charge is -1.97. The third-order valence-electron chi connectivity index (χ3n) is 1.52. The molecule has 0 fully saturated rings. The fourth-order valence-electron chi connectivity index (χ4n) is 1.05. The molecule has 1 aromatic carbocycles. The first-order valence-electron chi connectivity index (χ1n) is 4.36. The van der Waals surface area contributed by atoms with Gasteiger partial charge in [-0.2, -0.15) is 0 Å². The van der Waals surface area contributed by atoms with Crippen molar-refractivity contribution in [2.24, 2.45) is 0 Å². The number of anilines is 2. The fourth-order valence-corrected chi connectivity index (χ4v) is 1.05. The minimum absolute atomic E-state index is 0.729. The second-order valence-electron chi connectivity index (χ2n) is 2.97. The quantitative estimate of drug-likeness (QED) is 0.624. The van der Waals surface area contributed by atoms with Crippen molar-refractivity contribution in [3.8, 4) is 0 Å². The molecule has 78 valence electrons. The predicted molar refractivity (Wildman–Crippen MR) is 59.8 cm³/mol. The first kappa shape index (κ1) is 10.9. The van der Waals surface area contributed by atoms with Crippen LogP contribution in [0.15, 0.2) is 37.2 Å². The molecule has 4 N–H and O–H groups in total. The molecular weight excluding hydrogens is 190 g/mol. The number of aromatic nitrogens is 3. The summed E-state index contributed by atoms with van der Waals surface area (Å²) in [5, 5.41) is 0. The molecule has 1 aromatic heterocycles. The number of aryl methyl sites for hydroxylation is 1. The predicted octanol–water partition coefficient (Wildman–Crippen LogP) is 1.03. The minimum Gasteiger partial charge on any atom is -0.399 e. The Labute approximate surface area is 88.2 Å². The van der Waals surface area contributed by atoms with Crippen molar-refractivity contribution in [1.82, 2.24) is 15.0 Å². The Bertz CT molecular complexity index is 325. The lowest BCUT2D eigenvalue weighted by Crippen LogP contribution is -1.90. The molecule has 0 aliphatic carbocycles. The van der Waals surface area contributed by atoms with E-state index in [2.05, 4.69) is 15.0 Å². The highest BCUT2D eigenvalue weighted by molar-refractivity contribution is 5.53. The molecule has 15 heavy (non-hydrogen) atoms. The Morgan fingerprint density at radius 3 is 1.47 bits per heavy atom. The third kappa shape index (κ3) is 4.56. The van der Waals surface area contributed by atoms with Gasteiger partial charge in [0.1, 0.15) is 19.0 Å². The molecule has 0 spiro atoms. The van der Waals surface area contributed by atoms with Crippen LogP contribution in [0.25, 0.3) is 0 Å². The van der Waals surface area contributed by atoms with E-state index in [1.807, 2.05) is 19.1 Å². The molecule has 0 aliphatic heterocycles. The summed E-state index contributed by atoms with van der Waals surface area (Å²) in [5.74, 6) is 0.